The average molecular weight is 448 g/mol. The molecular weight excluding hydrogens is 427 g/mol. The van der Waals surface area contributed by atoms with Gasteiger partial charge < -0.3 is 18.6 Å². The Morgan fingerprint density at radius 1 is 0.970 bits per heavy atom. The maximum Gasteiger partial charge on any atom is 0.375 e. The van der Waals surface area contributed by atoms with Crippen molar-refractivity contribution in [1.82, 2.24) is 0 Å². The summed E-state index contributed by atoms with van der Waals surface area (Å²) >= 11 is 0. The minimum Gasteiger partial charge on any atom is -0.497 e. The van der Waals surface area contributed by atoms with Gasteiger partial charge in [-0.25, -0.2) is 9.18 Å². The number of carbonyl (C=O) groups is 1. The minimum absolute atomic E-state index is 0.114. The number of hydrogen-bond donors (Lipinski definition) is 0. The van der Waals surface area contributed by atoms with E-state index < -0.39 is 5.97 Å². The van der Waals surface area contributed by atoms with Crippen LogP contribution in [-0.2, 0) is 11.3 Å². The molecular formula is C26H21FO6. The van der Waals surface area contributed by atoms with Crippen LogP contribution in [0.2, 0.25) is 0 Å². The second-order valence-electron chi connectivity index (χ2n) is 7.16. The number of rotatable bonds is 7. The average Bonchev–Trinajstić information content (AvgIpc) is 2.83. The molecule has 0 saturated heterocycles. The lowest BCUT2D eigenvalue weighted by atomic mass is 10.0. The SMILES string of the molecule is CCOC(=O)c1oc2cc(OCc3ccc(F)cc3)ccc2c(=O)c1-c1ccc(OC)cc1. The highest BCUT2D eigenvalue weighted by molar-refractivity contribution is 5.97. The number of methoxy groups -OCH3 is 1. The van der Waals surface area contributed by atoms with Crippen LogP contribution < -0.4 is 14.9 Å². The lowest BCUT2D eigenvalue weighted by Crippen LogP contribution is -2.15. The molecule has 1 heterocycles. The van der Waals surface area contributed by atoms with E-state index in [-0.39, 0.29) is 41.4 Å². The van der Waals surface area contributed by atoms with Gasteiger partial charge in [0.1, 0.15) is 29.5 Å². The summed E-state index contributed by atoms with van der Waals surface area (Å²) in [6, 6.07) is 17.5. The number of fused-ring (bicyclic) bond motifs is 1. The van der Waals surface area contributed by atoms with Crippen molar-refractivity contribution in [3.63, 3.8) is 0 Å². The monoisotopic (exact) mass is 448 g/mol. The molecule has 0 N–H and O–H groups in total. The molecule has 0 saturated carbocycles. The fourth-order valence-electron chi connectivity index (χ4n) is 3.37. The third-order valence-corrected chi connectivity index (χ3v) is 5.02. The molecule has 6 nitrogen and oxygen atoms in total. The van der Waals surface area contributed by atoms with Crippen molar-refractivity contribution in [2.75, 3.05) is 13.7 Å². The molecule has 0 bridgehead atoms. The van der Waals surface area contributed by atoms with Crippen molar-refractivity contribution in [3.05, 3.63) is 94.1 Å². The summed E-state index contributed by atoms with van der Waals surface area (Å²) in [5.74, 6) is -0.202. The van der Waals surface area contributed by atoms with Gasteiger partial charge in [-0.1, -0.05) is 24.3 Å². The second kappa shape index (κ2) is 9.56. The zero-order valence-corrected chi connectivity index (χ0v) is 18.1. The predicted molar refractivity (Wildman–Crippen MR) is 121 cm³/mol. The third-order valence-electron chi connectivity index (χ3n) is 5.02. The molecule has 0 aliphatic heterocycles. The summed E-state index contributed by atoms with van der Waals surface area (Å²) in [5, 5.41) is 0.294. The van der Waals surface area contributed by atoms with E-state index in [0.29, 0.717) is 22.4 Å². The minimum atomic E-state index is -0.736. The highest BCUT2D eigenvalue weighted by Crippen LogP contribution is 2.29. The van der Waals surface area contributed by atoms with Crippen molar-refractivity contribution < 1.29 is 27.8 Å². The molecule has 4 rings (SSSR count). The van der Waals surface area contributed by atoms with E-state index in [1.807, 2.05) is 0 Å². The Morgan fingerprint density at radius 2 is 1.67 bits per heavy atom. The van der Waals surface area contributed by atoms with Gasteiger partial charge in [0.15, 0.2) is 0 Å². The molecule has 0 aliphatic rings. The van der Waals surface area contributed by atoms with E-state index in [0.717, 1.165) is 5.56 Å². The molecule has 0 unspecified atom stereocenters. The molecule has 7 heteroatoms. The molecule has 0 radical (unpaired) electrons. The van der Waals surface area contributed by atoms with E-state index in [9.17, 15) is 14.0 Å². The van der Waals surface area contributed by atoms with Gasteiger partial charge >= 0.3 is 5.97 Å². The largest absolute Gasteiger partial charge is 0.497 e. The van der Waals surface area contributed by atoms with Gasteiger partial charge in [-0.05, 0) is 54.4 Å². The van der Waals surface area contributed by atoms with Gasteiger partial charge in [0.25, 0.3) is 0 Å². The smallest absolute Gasteiger partial charge is 0.375 e. The van der Waals surface area contributed by atoms with Crippen LogP contribution in [0.5, 0.6) is 11.5 Å². The molecule has 0 amide bonds. The summed E-state index contributed by atoms with van der Waals surface area (Å²) in [5.41, 5.74) is 1.22. The first-order chi connectivity index (χ1) is 16.0. The third kappa shape index (κ3) is 4.72. The number of hydrogen-bond acceptors (Lipinski definition) is 6. The molecule has 0 aliphatic carbocycles. The van der Waals surface area contributed by atoms with Crippen LogP contribution in [0.1, 0.15) is 23.0 Å². The lowest BCUT2D eigenvalue weighted by molar-refractivity contribution is 0.0492. The van der Waals surface area contributed by atoms with Crippen LogP contribution >= 0.6 is 0 Å². The molecule has 0 spiro atoms. The zero-order chi connectivity index (χ0) is 23.4. The number of ether oxygens (including phenoxy) is 3. The van der Waals surface area contributed by atoms with E-state index in [1.165, 1.54) is 12.1 Å². The molecule has 1 aromatic heterocycles. The van der Waals surface area contributed by atoms with E-state index in [4.69, 9.17) is 18.6 Å². The normalized spacial score (nSPS) is 10.8. The molecule has 4 aromatic rings. The molecule has 0 fully saturated rings. The summed E-state index contributed by atoms with van der Waals surface area (Å²) in [6.07, 6.45) is 0. The first-order valence-electron chi connectivity index (χ1n) is 10.3. The van der Waals surface area contributed by atoms with Gasteiger partial charge in [0, 0.05) is 6.07 Å². The van der Waals surface area contributed by atoms with Gasteiger partial charge in [0.2, 0.25) is 11.2 Å². The Hall–Kier alpha value is -4.13. The van der Waals surface area contributed by atoms with Gasteiger partial charge in [-0.2, -0.15) is 0 Å². The Balaban J connectivity index is 1.76. The highest BCUT2D eigenvalue weighted by atomic mass is 19.1. The van der Waals surface area contributed by atoms with E-state index >= 15 is 0 Å². The first kappa shape index (κ1) is 22.1. The molecule has 3 aromatic carbocycles. The van der Waals surface area contributed by atoms with Crippen LogP contribution in [0.15, 0.2) is 75.9 Å². The van der Waals surface area contributed by atoms with Crippen LogP contribution in [-0.4, -0.2) is 19.7 Å². The van der Waals surface area contributed by atoms with Crippen LogP contribution in [0.25, 0.3) is 22.1 Å². The van der Waals surface area contributed by atoms with Gasteiger partial charge in [0.05, 0.1) is 24.7 Å². The maximum absolute atomic E-state index is 13.4. The van der Waals surface area contributed by atoms with Gasteiger partial charge in [-0.15, -0.1) is 0 Å². The zero-order valence-electron chi connectivity index (χ0n) is 18.1. The summed E-state index contributed by atoms with van der Waals surface area (Å²) < 4.78 is 35.0. The maximum atomic E-state index is 13.4. The van der Waals surface area contributed by atoms with E-state index in [1.54, 1.807) is 68.6 Å². The van der Waals surface area contributed by atoms with Crippen LogP contribution in [0.3, 0.4) is 0 Å². The topological polar surface area (TPSA) is 75.0 Å². The number of halogens is 1. The van der Waals surface area contributed by atoms with Crippen molar-refractivity contribution in [2.24, 2.45) is 0 Å². The van der Waals surface area contributed by atoms with Crippen molar-refractivity contribution in [2.45, 2.75) is 13.5 Å². The number of carbonyl (C=O) groups excluding carboxylic acids is 1. The Morgan fingerprint density at radius 3 is 2.33 bits per heavy atom. The highest BCUT2D eigenvalue weighted by Gasteiger charge is 2.23. The van der Waals surface area contributed by atoms with Gasteiger partial charge in [-0.3, -0.25) is 4.79 Å². The summed E-state index contributed by atoms with van der Waals surface area (Å²) in [6.45, 7) is 2.00. The molecule has 33 heavy (non-hydrogen) atoms. The second-order valence-corrected chi connectivity index (χ2v) is 7.16. The van der Waals surface area contributed by atoms with Crippen molar-refractivity contribution in [3.8, 4) is 22.6 Å². The quantitative estimate of drug-likeness (QED) is 0.354. The Labute approximate surface area is 189 Å². The fraction of sp³-hybridized carbons (Fsp3) is 0.154. The summed E-state index contributed by atoms with van der Waals surface area (Å²) in [4.78, 5) is 26.0. The number of benzene rings is 3. The standard InChI is InChI=1S/C26H21FO6/c1-3-31-26(29)25-23(17-6-10-19(30-2)11-7-17)24(28)21-13-12-20(14-22(21)33-25)32-15-16-4-8-18(27)9-5-16/h4-14H,3,15H2,1-2H3. The fourth-order valence-corrected chi connectivity index (χ4v) is 3.37. The van der Waals surface area contributed by atoms with Crippen molar-refractivity contribution >= 4 is 16.9 Å². The Kier molecular flexibility index (Phi) is 6.40. The van der Waals surface area contributed by atoms with Crippen LogP contribution in [0, 0.1) is 5.82 Å². The summed E-state index contributed by atoms with van der Waals surface area (Å²) in [7, 11) is 1.54. The van der Waals surface area contributed by atoms with Crippen molar-refractivity contribution in [1.29, 1.82) is 0 Å². The molecule has 168 valence electrons. The Bertz CT molecular complexity index is 1340. The first-order valence-corrected chi connectivity index (χ1v) is 10.3. The molecule has 0 atom stereocenters. The predicted octanol–water partition coefficient (Wildman–Crippen LogP) is 5.36. The number of esters is 1. The van der Waals surface area contributed by atoms with E-state index in [2.05, 4.69) is 0 Å². The van der Waals surface area contributed by atoms with Crippen LogP contribution in [0.4, 0.5) is 4.39 Å². The lowest BCUT2D eigenvalue weighted by Gasteiger charge is -2.11.